The Kier molecular flexibility index (Phi) is 4.98. The fourth-order valence-corrected chi connectivity index (χ4v) is 2.87. The summed E-state index contributed by atoms with van der Waals surface area (Å²) in [5.41, 5.74) is 0.888. The highest BCUT2D eigenvalue weighted by Gasteiger charge is 2.41. The van der Waals surface area contributed by atoms with Crippen LogP contribution < -0.4 is 19.7 Å². The predicted octanol–water partition coefficient (Wildman–Crippen LogP) is 1.85. The van der Waals surface area contributed by atoms with Gasteiger partial charge in [-0.15, -0.1) is 0 Å². The average molecular weight is 370 g/mol. The van der Waals surface area contributed by atoms with Gasteiger partial charge in [0, 0.05) is 0 Å². The molecule has 2 aromatic rings. The summed E-state index contributed by atoms with van der Waals surface area (Å²) in [7, 11) is 2.93. The number of carbonyl (C=O) groups excluding carboxylic acids is 3. The summed E-state index contributed by atoms with van der Waals surface area (Å²) in [5, 5.41) is 12.1. The number of benzene rings is 2. The number of nitrogens with one attached hydrogen (secondary N) is 1. The summed E-state index contributed by atoms with van der Waals surface area (Å²) in [4.78, 5) is 38.2. The maximum atomic E-state index is 12.8. The van der Waals surface area contributed by atoms with Crippen LogP contribution in [-0.4, -0.2) is 37.2 Å². The van der Waals surface area contributed by atoms with Gasteiger partial charge in [0.05, 0.1) is 19.9 Å². The van der Waals surface area contributed by atoms with Gasteiger partial charge in [0.1, 0.15) is 11.7 Å². The molecule has 2 N–H and O–H groups in total. The zero-order valence-corrected chi connectivity index (χ0v) is 14.8. The Morgan fingerprint density at radius 3 is 2.33 bits per heavy atom. The van der Waals surface area contributed by atoms with Crippen LogP contribution in [-0.2, 0) is 16.0 Å². The van der Waals surface area contributed by atoms with Crippen LogP contribution in [0.15, 0.2) is 42.5 Å². The first-order valence-corrected chi connectivity index (χ1v) is 8.13. The first kappa shape index (κ1) is 18.2. The minimum atomic E-state index is -1.10. The second kappa shape index (κ2) is 7.36. The van der Waals surface area contributed by atoms with Crippen molar-refractivity contribution in [1.82, 2.24) is 5.32 Å². The molecule has 1 unspecified atom stereocenters. The summed E-state index contributed by atoms with van der Waals surface area (Å²) in [5.74, 6) is -1.65. The summed E-state index contributed by atoms with van der Waals surface area (Å²) < 4.78 is 10.0. The lowest BCUT2D eigenvalue weighted by atomic mass is 9.95. The molecule has 27 heavy (non-hydrogen) atoms. The van der Waals surface area contributed by atoms with E-state index in [0.717, 1.165) is 4.90 Å². The Morgan fingerprint density at radius 2 is 1.74 bits per heavy atom. The maximum absolute atomic E-state index is 12.8. The Bertz CT molecular complexity index is 894. The molecule has 0 aliphatic carbocycles. The minimum absolute atomic E-state index is 0.0299. The van der Waals surface area contributed by atoms with Crippen molar-refractivity contribution < 1.29 is 29.0 Å². The van der Waals surface area contributed by atoms with E-state index >= 15 is 0 Å². The molecule has 140 valence electrons. The number of anilines is 1. The number of nitrogens with zero attached hydrogens (tertiary/aromatic N) is 1. The number of aromatic hydroxyl groups is 1. The molecule has 1 heterocycles. The van der Waals surface area contributed by atoms with Crippen LogP contribution >= 0.6 is 0 Å². The third-order valence-electron chi connectivity index (χ3n) is 4.28. The van der Waals surface area contributed by atoms with Crippen molar-refractivity contribution in [3.05, 3.63) is 48.0 Å². The van der Waals surface area contributed by atoms with E-state index in [2.05, 4.69) is 5.32 Å². The minimum Gasteiger partial charge on any atom is -0.504 e. The molecular weight excluding hydrogens is 352 g/mol. The smallest absolute Gasteiger partial charge is 0.335 e. The monoisotopic (exact) mass is 370 g/mol. The predicted molar refractivity (Wildman–Crippen MR) is 95.9 cm³/mol. The third kappa shape index (κ3) is 3.55. The molecule has 0 radical (unpaired) electrons. The number of methoxy groups -OCH3 is 2. The lowest BCUT2D eigenvalue weighted by Gasteiger charge is -2.30. The number of hydrogen-bond acceptors (Lipinski definition) is 6. The standard InChI is InChI=1S/C19H18N2O6/c1-26-13-6-4-12(5-7-13)21-18(24)14(17(23)20-19(21)25)9-11-3-8-16(27-2)15(22)10-11/h3-8,10,14,22H,9H2,1-2H3,(H,20,23,25). The Hall–Kier alpha value is -3.55. The van der Waals surface area contributed by atoms with E-state index in [1.54, 1.807) is 36.4 Å². The van der Waals surface area contributed by atoms with Crippen LogP contribution in [0.2, 0.25) is 0 Å². The van der Waals surface area contributed by atoms with E-state index in [1.165, 1.54) is 20.3 Å². The van der Waals surface area contributed by atoms with E-state index in [4.69, 9.17) is 9.47 Å². The molecule has 0 aromatic heterocycles. The van der Waals surface area contributed by atoms with Gasteiger partial charge in [0.15, 0.2) is 11.5 Å². The number of hydrogen-bond donors (Lipinski definition) is 2. The average Bonchev–Trinajstić information content (AvgIpc) is 2.65. The van der Waals surface area contributed by atoms with Crippen molar-refractivity contribution in [2.24, 2.45) is 5.92 Å². The van der Waals surface area contributed by atoms with Crippen LogP contribution in [0.3, 0.4) is 0 Å². The Morgan fingerprint density at radius 1 is 1.04 bits per heavy atom. The van der Waals surface area contributed by atoms with Gasteiger partial charge in [-0.05, 0) is 48.4 Å². The molecule has 1 atom stereocenters. The summed E-state index contributed by atoms with van der Waals surface area (Å²) in [6.45, 7) is 0. The van der Waals surface area contributed by atoms with E-state index < -0.39 is 23.8 Å². The molecule has 4 amide bonds. The SMILES string of the molecule is COc1ccc(N2C(=O)NC(=O)C(Cc3ccc(OC)c(O)c3)C2=O)cc1. The van der Waals surface area contributed by atoms with Crippen LogP contribution in [0.25, 0.3) is 0 Å². The van der Waals surface area contributed by atoms with Gasteiger partial charge >= 0.3 is 6.03 Å². The van der Waals surface area contributed by atoms with Crippen molar-refractivity contribution in [2.75, 3.05) is 19.1 Å². The second-order valence-corrected chi connectivity index (χ2v) is 5.93. The molecule has 1 aliphatic rings. The van der Waals surface area contributed by atoms with Gasteiger partial charge in [-0.1, -0.05) is 6.07 Å². The number of ether oxygens (including phenoxy) is 2. The van der Waals surface area contributed by atoms with E-state index in [1.807, 2.05) is 0 Å². The number of phenols is 1. The lowest BCUT2D eigenvalue weighted by Crippen LogP contribution is -2.58. The highest BCUT2D eigenvalue weighted by atomic mass is 16.5. The first-order chi connectivity index (χ1) is 12.9. The van der Waals surface area contributed by atoms with Gasteiger partial charge < -0.3 is 14.6 Å². The lowest BCUT2D eigenvalue weighted by molar-refractivity contribution is -0.134. The summed E-state index contributed by atoms with van der Waals surface area (Å²) in [6, 6.07) is 10.2. The van der Waals surface area contributed by atoms with Gasteiger partial charge in [0.2, 0.25) is 11.8 Å². The third-order valence-corrected chi connectivity index (χ3v) is 4.28. The van der Waals surface area contributed by atoms with Crippen LogP contribution in [0.5, 0.6) is 17.2 Å². The number of barbiturate groups is 1. The number of phenolic OH excluding ortho intramolecular Hbond substituents is 1. The molecule has 1 aliphatic heterocycles. The zero-order chi connectivity index (χ0) is 19.6. The largest absolute Gasteiger partial charge is 0.504 e. The molecular formula is C19H18N2O6. The van der Waals surface area contributed by atoms with E-state index in [0.29, 0.717) is 17.0 Å². The number of imide groups is 2. The van der Waals surface area contributed by atoms with Gasteiger partial charge in [-0.2, -0.15) is 0 Å². The van der Waals surface area contributed by atoms with Crippen molar-refractivity contribution in [3.63, 3.8) is 0 Å². The van der Waals surface area contributed by atoms with Gasteiger partial charge in [-0.25, -0.2) is 9.69 Å². The van der Waals surface area contributed by atoms with Crippen molar-refractivity contribution >= 4 is 23.5 Å². The molecule has 1 saturated heterocycles. The number of amides is 4. The van der Waals surface area contributed by atoms with Crippen molar-refractivity contribution in [3.8, 4) is 17.2 Å². The highest BCUT2D eigenvalue weighted by molar-refractivity contribution is 6.27. The van der Waals surface area contributed by atoms with Crippen LogP contribution in [0, 0.1) is 5.92 Å². The maximum Gasteiger partial charge on any atom is 0.335 e. The van der Waals surface area contributed by atoms with Gasteiger partial charge in [-0.3, -0.25) is 14.9 Å². The number of rotatable bonds is 5. The van der Waals surface area contributed by atoms with Gasteiger partial charge in [0.25, 0.3) is 0 Å². The fourth-order valence-electron chi connectivity index (χ4n) is 2.87. The van der Waals surface area contributed by atoms with Crippen molar-refractivity contribution in [2.45, 2.75) is 6.42 Å². The topological polar surface area (TPSA) is 105 Å². The summed E-state index contributed by atoms with van der Waals surface area (Å²) in [6.07, 6.45) is 0.0299. The Balaban J connectivity index is 1.86. The van der Waals surface area contributed by atoms with Crippen LogP contribution in [0.1, 0.15) is 5.56 Å². The zero-order valence-electron chi connectivity index (χ0n) is 14.8. The highest BCUT2D eigenvalue weighted by Crippen LogP contribution is 2.29. The molecule has 8 heteroatoms. The fraction of sp³-hybridized carbons (Fsp3) is 0.211. The molecule has 3 rings (SSSR count). The molecule has 8 nitrogen and oxygen atoms in total. The molecule has 0 spiro atoms. The molecule has 2 aromatic carbocycles. The molecule has 0 saturated carbocycles. The Labute approximate surface area is 155 Å². The summed E-state index contributed by atoms with van der Waals surface area (Å²) >= 11 is 0. The van der Waals surface area contributed by atoms with Crippen molar-refractivity contribution in [1.29, 1.82) is 0 Å². The molecule has 0 bridgehead atoms. The second-order valence-electron chi connectivity index (χ2n) is 5.93. The van der Waals surface area contributed by atoms with E-state index in [9.17, 15) is 19.5 Å². The number of urea groups is 1. The first-order valence-electron chi connectivity index (χ1n) is 8.13. The van der Waals surface area contributed by atoms with Crippen LogP contribution in [0.4, 0.5) is 10.5 Å². The number of carbonyl (C=O) groups is 3. The normalized spacial score (nSPS) is 16.9. The quantitative estimate of drug-likeness (QED) is 0.779. The van der Waals surface area contributed by atoms with E-state index in [-0.39, 0.29) is 17.9 Å². The molecule has 1 fully saturated rings.